The minimum Gasteiger partial charge on any atom is -0.351 e. The first-order valence-electron chi connectivity index (χ1n) is 10.3. The number of amides is 2. The van der Waals surface area contributed by atoms with Crippen LogP contribution in [0, 0.1) is 0 Å². The molecule has 30 heavy (non-hydrogen) atoms. The first-order chi connectivity index (χ1) is 14.1. The van der Waals surface area contributed by atoms with Crippen molar-refractivity contribution in [3.05, 3.63) is 65.7 Å². The van der Waals surface area contributed by atoms with Crippen LogP contribution in [0.3, 0.4) is 0 Å². The van der Waals surface area contributed by atoms with Crippen molar-refractivity contribution in [2.45, 2.75) is 31.3 Å². The molecule has 2 atom stereocenters. The van der Waals surface area contributed by atoms with Gasteiger partial charge in [0.2, 0.25) is 11.8 Å². The highest BCUT2D eigenvalue weighted by Gasteiger charge is 2.31. The van der Waals surface area contributed by atoms with E-state index in [4.69, 9.17) is 5.73 Å². The summed E-state index contributed by atoms with van der Waals surface area (Å²) in [4.78, 5) is 28.2. The Morgan fingerprint density at radius 1 is 1.07 bits per heavy atom. The normalized spacial score (nSPS) is 21.5. The van der Waals surface area contributed by atoms with Gasteiger partial charge in [-0.1, -0.05) is 42.5 Å². The average molecular weight is 429 g/mol. The number of nitrogens with two attached hydrogens (primary N) is 1. The Bertz CT molecular complexity index is 859. The number of benzene rings is 2. The van der Waals surface area contributed by atoms with Crippen molar-refractivity contribution in [2.24, 2.45) is 5.73 Å². The van der Waals surface area contributed by atoms with Gasteiger partial charge in [-0.2, -0.15) is 0 Å². The van der Waals surface area contributed by atoms with Gasteiger partial charge in [0, 0.05) is 50.2 Å². The number of nitrogens with zero attached hydrogens (tertiary/aromatic N) is 2. The van der Waals surface area contributed by atoms with Gasteiger partial charge in [0.05, 0.1) is 6.54 Å². The predicted molar refractivity (Wildman–Crippen MR) is 121 cm³/mol. The summed E-state index contributed by atoms with van der Waals surface area (Å²) in [6.45, 7) is 3.16. The third kappa shape index (κ3) is 5.19. The number of rotatable bonds is 6. The van der Waals surface area contributed by atoms with Gasteiger partial charge in [-0.25, -0.2) is 0 Å². The minimum absolute atomic E-state index is 0. The van der Waals surface area contributed by atoms with Crippen molar-refractivity contribution in [3.8, 4) is 0 Å². The molecule has 0 aromatic heterocycles. The van der Waals surface area contributed by atoms with Crippen LogP contribution in [0.4, 0.5) is 5.69 Å². The molecular weight excluding hydrogens is 400 g/mol. The van der Waals surface area contributed by atoms with E-state index in [1.165, 1.54) is 5.56 Å². The summed E-state index contributed by atoms with van der Waals surface area (Å²) in [5.74, 6) is 0.457. The fraction of sp³-hybridized carbons (Fsp3) is 0.391. The zero-order chi connectivity index (χ0) is 20.2. The van der Waals surface area contributed by atoms with E-state index >= 15 is 0 Å². The Hall–Kier alpha value is -2.41. The molecule has 0 radical (unpaired) electrons. The van der Waals surface area contributed by atoms with E-state index in [1.54, 1.807) is 0 Å². The first kappa shape index (κ1) is 22.3. The molecule has 0 bridgehead atoms. The maximum atomic E-state index is 12.4. The van der Waals surface area contributed by atoms with Gasteiger partial charge >= 0.3 is 0 Å². The van der Waals surface area contributed by atoms with E-state index < -0.39 is 0 Å². The molecule has 2 saturated heterocycles. The lowest BCUT2D eigenvalue weighted by Gasteiger charge is -2.17. The van der Waals surface area contributed by atoms with Crippen LogP contribution in [0.25, 0.3) is 0 Å². The second-order valence-corrected chi connectivity index (χ2v) is 7.97. The number of hydrogen-bond donors (Lipinski definition) is 2. The van der Waals surface area contributed by atoms with Crippen LogP contribution in [0.1, 0.15) is 29.9 Å². The number of nitrogens with one attached hydrogen (secondary N) is 1. The summed E-state index contributed by atoms with van der Waals surface area (Å²) in [6, 6.07) is 18.2. The average Bonchev–Trinajstić information content (AvgIpc) is 3.32. The van der Waals surface area contributed by atoms with E-state index in [1.807, 2.05) is 47.4 Å². The molecule has 4 rings (SSSR count). The number of halogens is 1. The Morgan fingerprint density at radius 2 is 1.80 bits per heavy atom. The first-order valence-corrected chi connectivity index (χ1v) is 10.3. The van der Waals surface area contributed by atoms with E-state index in [9.17, 15) is 9.59 Å². The highest BCUT2D eigenvalue weighted by atomic mass is 35.5. The summed E-state index contributed by atoms with van der Waals surface area (Å²) >= 11 is 0. The quantitative estimate of drug-likeness (QED) is 0.739. The van der Waals surface area contributed by atoms with Crippen molar-refractivity contribution < 1.29 is 9.59 Å². The molecule has 0 spiro atoms. The molecule has 3 N–H and O–H groups in total. The molecular formula is C23H29ClN4O2. The fourth-order valence-electron chi connectivity index (χ4n) is 4.27. The molecule has 160 valence electrons. The number of anilines is 1. The molecule has 2 aromatic carbocycles. The monoisotopic (exact) mass is 428 g/mol. The van der Waals surface area contributed by atoms with Gasteiger partial charge in [-0.15, -0.1) is 12.4 Å². The van der Waals surface area contributed by atoms with E-state index in [0.29, 0.717) is 19.5 Å². The Labute approximate surface area is 183 Å². The fourth-order valence-corrected chi connectivity index (χ4v) is 4.27. The van der Waals surface area contributed by atoms with Crippen LogP contribution >= 0.6 is 12.4 Å². The number of hydrogen-bond acceptors (Lipinski definition) is 4. The van der Waals surface area contributed by atoms with E-state index in [2.05, 4.69) is 22.3 Å². The summed E-state index contributed by atoms with van der Waals surface area (Å²) < 4.78 is 0. The standard InChI is InChI=1S/C23H28N4O2.ClH/c24-21-15-26(14-20(21)18-5-2-1-3-6-18)16-22(28)25-13-17-8-10-19(11-9-17)27-12-4-7-23(27)29;/h1-3,5-6,8-11,20-21H,4,7,12-16,24H2,(H,25,28);1H/t20-,21+;/m0./s1. The van der Waals surface area contributed by atoms with Crippen LogP contribution in [-0.4, -0.2) is 48.9 Å². The highest BCUT2D eigenvalue weighted by molar-refractivity contribution is 5.95. The van der Waals surface area contributed by atoms with Crippen molar-refractivity contribution in [2.75, 3.05) is 31.1 Å². The molecule has 2 heterocycles. The Kier molecular flexibility index (Phi) is 7.48. The molecule has 6 nitrogen and oxygen atoms in total. The Morgan fingerprint density at radius 3 is 2.47 bits per heavy atom. The second-order valence-electron chi connectivity index (χ2n) is 7.97. The minimum atomic E-state index is 0. The third-order valence-corrected chi connectivity index (χ3v) is 5.85. The van der Waals surface area contributed by atoms with Gasteiger partial charge in [-0.3, -0.25) is 14.5 Å². The summed E-state index contributed by atoms with van der Waals surface area (Å²) in [6.07, 6.45) is 1.55. The molecule has 2 aliphatic rings. The predicted octanol–water partition coefficient (Wildman–Crippen LogP) is 2.28. The highest BCUT2D eigenvalue weighted by Crippen LogP contribution is 2.26. The van der Waals surface area contributed by atoms with Gasteiger partial charge in [0.1, 0.15) is 0 Å². The second kappa shape index (κ2) is 10.1. The number of carbonyl (C=O) groups is 2. The van der Waals surface area contributed by atoms with Crippen molar-refractivity contribution in [1.29, 1.82) is 0 Å². The van der Waals surface area contributed by atoms with E-state index in [0.717, 1.165) is 37.3 Å². The topological polar surface area (TPSA) is 78.7 Å². The van der Waals surface area contributed by atoms with Crippen molar-refractivity contribution in [3.63, 3.8) is 0 Å². The molecule has 0 unspecified atom stereocenters. The zero-order valence-electron chi connectivity index (χ0n) is 17.0. The van der Waals surface area contributed by atoms with Gasteiger partial charge in [0.15, 0.2) is 0 Å². The summed E-state index contributed by atoms with van der Waals surface area (Å²) in [5.41, 5.74) is 9.51. The van der Waals surface area contributed by atoms with Crippen LogP contribution in [0.2, 0.25) is 0 Å². The molecule has 0 aliphatic carbocycles. The molecule has 2 aromatic rings. The lowest BCUT2D eigenvalue weighted by molar-refractivity contribution is -0.122. The van der Waals surface area contributed by atoms with Gasteiger partial charge in [0.25, 0.3) is 0 Å². The van der Waals surface area contributed by atoms with Crippen LogP contribution in [-0.2, 0) is 16.1 Å². The smallest absolute Gasteiger partial charge is 0.234 e. The van der Waals surface area contributed by atoms with E-state index in [-0.39, 0.29) is 36.2 Å². The van der Waals surface area contributed by atoms with Crippen molar-refractivity contribution in [1.82, 2.24) is 10.2 Å². The molecule has 2 fully saturated rings. The Balaban J connectivity index is 0.00000256. The molecule has 2 aliphatic heterocycles. The van der Waals surface area contributed by atoms with Crippen molar-refractivity contribution >= 4 is 29.9 Å². The van der Waals surface area contributed by atoms with Crippen LogP contribution in [0.15, 0.2) is 54.6 Å². The van der Waals surface area contributed by atoms with Crippen LogP contribution < -0.4 is 16.0 Å². The summed E-state index contributed by atoms with van der Waals surface area (Å²) in [5, 5.41) is 2.99. The number of carbonyl (C=O) groups excluding carboxylic acids is 2. The molecule has 0 saturated carbocycles. The van der Waals surface area contributed by atoms with Gasteiger partial charge in [-0.05, 0) is 29.7 Å². The number of likely N-dealkylation sites (tertiary alicyclic amines) is 1. The van der Waals surface area contributed by atoms with Crippen LogP contribution in [0.5, 0.6) is 0 Å². The maximum absolute atomic E-state index is 12.4. The SMILES string of the molecule is Cl.N[C@@H]1CN(CC(=O)NCc2ccc(N3CCCC3=O)cc2)C[C@H]1c1ccccc1. The van der Waals surface area contributed by atoms with Gasteiger partial charge < -0.3 is 16.0 Å². The lowest BCUT2D eigenvalue weighted by atomic mass is 9.95. The maximum Gasteiger partial charge on any atom is 0.234 e. The third-order valence-electron chi connectivity index (χ3n) is 5.85. The molecule has 2 amide bonds. The lowest BCUT2D eigenvalue weighted by Crippen LogP contribution is -2.37. The summed E-state index contributed by atoms with van der Waals surface area (Å²) in [7, 11) is 0. The zero-order valence-corrected chi connectivity index (χ0v) is 17.8. The largest absolute Gasteiger partial charge is 0.351 e. The molecule has 7 heteroatoms.